The lowest BCUT2D eigenvalue weighted by atomic mass is 9.90. The van der Waals surface area contributed by atoms with Crippen molar-refractivity contribution in [3.05, 3.63) is 54.0 Å². The van der Waals surface area contributed by atoms with Crippen molar-refractivity contribution >= 4 is 11.8 Å². The van der Waals surface area contributed by atoms with E-state index in [1.807, 2.05) is 0 Å². The summed E-state index contributed by atoms with van der Waals surface area (Å²) in [4.78, 5) is 28.5. The molecule has 1 aromatic heterocycles. The van der Waals surface area contributed by atoms with E-state index in [-0.39, 0.29) is 36.3 Å². The predicted molar refractivity (Wildman–Crippen MR) is 103 cm³/mol. The third kappa shape index (κ3) is 5.36. The summed E-state index contributed by atoms with van der Waals surface area (Å²) in [6.45, 7) is 0.0385. The number of carbonyl (C=O) groups excluding carboxylic acids is 2. The maximum atomic E-state index is 13.3. The van der Waals surface area contributed by atoms with Gasteiger partial charge in [0.1, 0.15) is 12.4 Å². The molecular formula is C21H24FN3O3. The van der Waals surface area contributed by atoms with Gasteiger partial charge in [-0.05, 0) is 49.9 Å². The van der Waals surface area contributed by atoms with E-state index < -0.39 is 0 Å². The van der Waals surface area contributed by atoms with Gasteiger partial charge in [0.2, 0.25) is 5.91 Å². The van der Waals surface area contributed by atoms with Gasteiger partial charge >= 0.3 is 0 Å². The molecule has 1 aliphatic carbocycles. The number of amides is 2. The molecule has 1 saturated carbocycles. The SMILES string of the molecule is COCC(=O)N[C@H]1CCC[C@@H](NC(=O)c2ccc(-c3cccc(F)c3)nc2)C1. The van der Waals surface area contributed by atoms with Crippen LogP contribution >= 0.6 is 0 Å². The van der Waals surface area contributed by atoms with Crippen LogP contribution in [-0.2, 0) is 9.53 Å². The lowest BCUT2D eigenvalue weighted by Crippen LogP contribution is -2.46. The topological polar surface area (TPSA) is 80.3 Å². The van der Waals surface area contributed by atoms with Gasteiger partial charge in [-0.3, -0.25) is 14.6 Å². The Labute approximate surface area is 163 Å². The summed E-state index contributed by atoms with van der Waals surface area (Å²) in [5.41, 5.74) is 1.72. The molecule has 1 aromatic carbocycles. The summed E-state index contributed by atoms with van der Waals surface area (Å²) >= 11 is 0. The zero-order chi connectivity index (χ0) is 19.9. The highest BCUT2D eigenvalue weighted by Crippen LogP contribution is 2.20. The van der Waals surface area contributed by atoms with Crippen molar-refractivity contribution in [2.45, 2.75) is 37.8 Å². The highest BCUT2D eigenvalue weighted by Gasteiger charge is 2.24. The molecule has 0 spiro atoms. The summed E-state index contributed by atoms with van der Waals surface area (Å²) in [7, 11) is 1.48. The van der Waals surface area contributed by atoms with Crippen molar-refractivity contribution in [1.82, 2.24) is 15.6 Å². The van der Waals surface area contributed by atoms with Crippen LogP contribution in [0.15, 0.2) is 42.6 Å². The van der Waals surface area contributed by atoms with Gasteiger partial charge in [0, 0.05) is 31.0 Å². The minimum Gasteiger partial charge on any atom is -0.375 e. The van der Waals surface area contributed by atoms with Crippen LogP contribution in [0.5, 0.6) is 0 Å². The number of nitrogens with zero attached hydrogens (tertiary/aromatic N) is 1. The first-order valence-electron chi connectivity index (χ1n) is 9.36. The van der Waals surface area contributed by atoms with Crippen LogP contribution in [0.4, 0.5) is 4.39 Å². The van der Waals surface area contributed by atoms with E-state index in [1.165, 1.54) is 25.4 Å². The standard InChI is InChI=1S/C21H24FN3O3/c1-28-13-20(26)24-17-6-3-7-18(11-17)25-21(27)15-8-9-19(23-12-15)14-4-2-5-16(22)10-14/h2,4-5,8-10,12,17-18H,3,6-7,11,13H2,1H3,(H,24,26)(H,25,27)/t17-,18+/m0/s1. The fraction of sp³-hybridized carbons (Fsp3) is 0.381. The number of carbonyl (C=O) groups is 2. The third-order valence-corrected chi connectivity index (χ3v) is 4.80. The summed E-state index contributed by atoms with van der Waals surface area (Å²) in [6.07, 6.45) is 4.88. The maximum absolute atomic E-state index is 13.3. The lowest BCUT2D eigenvalue weighted by Gasteiger charge is -2.30. The second-order valence-corrected chi connectivity index (χ2v) is 6.98. The van der Waals surface area contributed by atoms with E-state index in [9.17, 15) is 14.0 Å². The normalized spacial score (nSPS) is 19.1. The van der Waals surface area contributed by atoms with E-state index in [4.69, 9.17) is 4.74 Å². The zero-order valence-electron chi connectivity index (χ0n) is 15.8. The molecule has 6 nitrogen and oxygen atoms in total. The summed E-state index contributed by atoms with van der Waals surface area (Å²) in [5.74, 6) is -0.672. The molecule has 0 unspecified atom stereocenters. The predicted octanol–water partition coefficient (Wildman–Crippen LogP) is 2.69. The Morgan fingerprint density at radius 1 is 1.18 bits per heavy atom. The van der Waals surface area contributed by atoms with Crippen molar-refractivity contribution in [1.29, 1.82) is 0 Å². The van der Waals surface area contributed by atoms with Crippen LogP contribution in [0, 0.1) is 5.82 Å². The Morgan fingerprint density at radius 3 is 2.64 bits per heavy atom. The van der Waals surface area contributed by atoms with Gasteiger partial charge in [-0.25, -0.2) is 4.39 Å². The second kappa shape index (κ2) is 9.41. The van der Waals surface area contributed by atoms with Crippen LogP contribution in [0.2, 0.25) is 0 Å². The van der Waals surface area contributed by atoms with Gasteiger partial charge in [-0.15, -0.1) is 0 Å². The smallest absolute Gasteiger partial charge is 0.253 e. The zero-order valence-corrected chi connectivity index (χ0v) is 15.8. The quantitative estimate of drug-likeness (QED) is 0.801. The fourth-order valence-electron chi connectivity index (χ4n) is 3.47. The molecular weight excluding hydrogens is 361 g/mol. The van der Waals surface area contributed by atoms with Crippen molar-refractivity contribution in [3.8, 4) is 11.3 Å². The monoisotopic (exact) mass is 385 g/mol. The second-order valence-electron chi connectivity index (χ2n) is 6.98. The fourth-order valence-corrected chi connectivity index (χ4v) is 3.47. The number of aromatic nitrogens is 1. The maximum Gasteiger partial charge on any atom is 0.253 e. The first-order chi connectivity index (χ1) is 13.5. The van der Waals surface area contributed by atoms with Crippen LogP contribution in [0.1, 0.15) is 36.0 Å². The average Bonchev–Trinajstić information content (AvgIpc) is 2.68. The Balaban J connectivity index is 1.57. The van der Waals surface area contributed by atoms with Gasteiger partial charge in [-0.1, -0.05) is 12.1 Å². The molecule has 0 saturated heterocycles. The number of pyridine rings is 1. The summed E-state index contributed by atoms with van der Waals surface area (Å²) < 4.78 is 18.2. The number of ether oxygens (including phenoxy) is 1. The Morgan fingerprint density at radius 2 is 1.96 bits per heavy atom. The molecule has 1 fully saturated rings. The molecule has 28 heavy (non-hydrogen) atoms. The van der Waals surface area contributed by atoms with E-state index in [1.54, 1.807) is 24.3 Å². The number of hydrogen-bond acceptors (Lipinski definition) is 4. The van der Waals surface area contributed by atoms with Crippen LogP contribution < -0.4 is 10.6 Å². The average molecular weight is 385 g/mol. The van der Waals surface area contributed by atoms with Crippen molar-refractivity contribution < 1.29 is 18.7 Å². The van der Waals surface area contributed by atoms with Crippen molar-refractivity contribution in [2.75, 3.05) is 13.7 Å². The van der Waals surface area contributed by atoms with Crippen LogP contribution in [0.25, 0.3) is 11.3 Å². The van der Waals surface area contributed by atoms with Crippen molar-refractivity contribution in [3.63, 3.8) is 0 Å². The van der Waals surface area contributed by atoms with E-state index in [2.05, 4.69) is 15.6 Å². The van der Waals surface area contributed by atoms with Gasteiger partial charge in [-0.2, -0.15) is 0 Å². The first kappa shape index (κ1) is 19.9. The van der Waals surface area contributed by atoms with E-state index >= 15 is 0 Å². The van der Waals surface area contributed by atoms with E-state index in [0.29, 0.717) is 23.2 Å². The van der Waals surface area contributed by atoms with E-state index in [0.717, 1.165) is 19.3 Å². The number of benzene rings is 1. The van der Waals surface area contributed by atoms with Crippen LogP contribution in [-0.4, -0.2) is 42.6 Å². The molecule has 148 valence electrons. The molecule has 0 radical (unpaired) electrons. The molecule has 2 aromatic rings. The first-order valence-corrected chi connectivity index (χ1v) is 9.36. The number of hydrogen-bond donors (Lipinski definition) is 2. The molecule has 7 heteroatoms. The summed E-state index contributed by atoms with van der Waals surface area (Å²) in [5, 5.41) is 5.95. The van der Waals surface area contributed by atoms with Gasteiger partial charge in [0.05, 0.1) is 11.3 Å². The number of methoxy groups -OCH3 is 1. The molecule has 2 N–H and O–H groups in total. The molecule has 1 aliphatic rings. The molecule has 0 bridgehead atoms. The van der Waals surface area contributed by atoms with Crippen molar-refractivity contribution in [2.24, 2.45) is 0 Å². The number of halogens is 1. The molecule has 3 rings (SSSR count). The number of nitrogens with one attached hydrogen (secondary N) is 2. The summed E-state index contributed by atoms with van der Waals surface area (Å²) in [6, 6.07) is 9.60. The number of rotatable bonds is 6. The largest absolute Gasteiger partial charge is 0.375 e. The van der Waals surface area contributed by atoms with Gasteiger partial charge in [0.15, 0.2) is 0 Å². The third-order valence-electron chi connectivity index (χ3n) is 4.80. The molecule has 2 amide bonds. The Kier molecular flexibility index (Phi) is 6.71. The lowest BCUT2D eigenvalue weighted by molar-refractivity contribution is -0.125. The highest BCUT2D eigenvalue weighted by molar-refractivity contribution is 5.94. The van der Waals surface area contributed by atoms with Gasteiger partial charge < -0.3 is 15.4 Å². The molecule has 0 aliphatic heterocycles. The van der Waals surface area contributed by atoms with Gasteiger partial charge in [0.25, 0.3) is 5.91 Å². The molecule has 1 heterocycles. The Hall–Kier alpha value is -2.80. The van der Waals surface area contributed by atoms with Crippen LogP contribution in [0.3, 0.4) is 0 Å². The minimum absolute atomic E-state index is 0.00279. The molecule has 2 atom stereocenters. The minimum atomic E-state index is -0.328. The highest BCUT2D eigenvalue weighted by atomic mass is 19.1. The Bertz CT molecular complexity index is 826.